The molecule has 0 spiro atoms. The number of ketones is 1. The molecule has 0 fully saturated rings. The van der Waals surface area contributed by atoms with Crippen LogP contribution in [-0.4, -0.2) is 22.7 Å². The lowest BCUT2D eigenvalue weighted by Crippen LogP contribution is -2.24. The van der Waals surface area contributed by atoms with E-state index in [1.54, 1.807) is 12.1 Å². The first-order valence-corrected chi connectivity index (χ1v) is 7.30. The first kappa shape index (κ1) is 18.1. The largest absolute Gasteiger partial charge is 0.475 e. The zero-order valence-electron chi connectivity index (χ0n) is 13.5. The van der Waals surface area contributed by atoms with E-state index in [0.29, 0.717) is 11.3 Å². The number of amides is 1. The smallest absolute Gasteiger partial charge is 0.311 e. The van der Waals surface area contributed by atoms with Crippen LogP contribution in [0.3, 0.4) is 0 Å². The summed E-state index contributed by atoms with van der Waals surface area (Å²) in [6.07, 6.45) is -1.06. The molecule has 0 saturated heterocycles. The zero-order chi connectivity index (χ0) is 18.6. The number of nitro groups is 1. The van der Waals surface area contributed by atoms with E-state index in [1.165, 1.54) is 26.0 Å². The van der Waals surface area contributed by atoms with Crippen LogP contribution in [0.25, 0.3) is 0 Å². The fourth-order valence-electron chi connectivity index (χ4n) is 2.13. The van der Waals surface area contributed by atoms with E-state index in [9.17, 15) is 24.1 Å². The first-order chi connectivity index (χ1) is 11.8. The highest BCUT2D eigenvalue weighted by Crippen LogP contribution is 2.29. The van der Waals surface area contributed by atoms with Crippen molar-refractivity contribution >= 4 is 23.1 Å². The third-order valence-corrected chi connectivity index (χ3v) is 3.28. The van der Waals surface area contributed by atoms with E-state index in [-0.39, 0.29) is 11.7 Å². The fourth-order valence-corrected chi connectivity index (χ4v) is 2.13. The molecule has 1 N–H and O–H groups in total. The summed E-state index contributed by atoms with van der Waals surface area (Å²) in [4.78, 5) is 33.6. The average Bonchev–Trinajstić information content (AvgIpc) is 2.54. The van der Waals surface area contributed by atoms with Crippen molar-refractivity contribution in [1.82, 2.24) is 0 Å². The van der Waals surface area contributed by atoms with Gasteiger partial charge in [-0.15, -0.1) is 0 Å². The van der Waals surface area contributed by atoms with Gasteiger partial charge in [-0.2, -0.15) is 0 Å². The van der Waals surface area contributed by atoms with Gasteiger partial charge in [0.2, 0.25) is 17.4 Å². The van der Waals surface area contributed by atoms with Gasteiger partial charge in [-0.05, 0) is 37.3 Å². The molecule has 2 aromatic carbocycles. The number of benzene rings is 2. The van der Waals surface area contributed by atoms with Gasteiger partial charge in [0.1, 0.15) is 5.82 Å². The lowest BCUT2D eigenvalue weighted by Gasteiger charge is -2.14. The second kappa shape index (κ2) is 7.52. The topological polar surface area (TPSA) is 98.5 Å². The summed E-state index contributed by atoms with van der Waals surface area (Å²) in [6, 6.07) is 8.86. The molecule has 130 valence electrons. The molecule has 2 aromatic rings. The minimum Gasteiger partial charge on any atom is -0.475 e. The van der Waals surface area contributed by atoms with Gasteiger partial charge < -0.3 is 10.1 Å². The predicted molar refractivity (Wildman–Crippen MR) is 88.2 cm³/mol. The number of anilines is 1. The van der Waals surface area contributed by atoms with Gasteiger partial charge in [-0.25, -0.2) is 4.39 Å². The van der Waals surface area contributed by atoms with Crippen LogP contribution in [0.15, 0.2) is 42.5 Å². The molecule has 0 aliphatic carbocycles. The molecule has 0 aliphatic rings. The van der Waals surface area contributed by atoms with Crippen molar-refractivity contribution in [2.24, 2.45) is 0 Å². The van der Waals surface area contributed by atoms with Crippen LogP contribution in [0.4, 0.5) is 15.8 Å². The van der Waals surface area contributed by atoms with Crippen LogP contribution in [0.5, 0.6) is 5.75 Å². The normalized spacial score (nSPS) is 11.5. The van der Waals surface area contributed by atoms with Crippen molar-refractivity contribution in [2.75, 3.05) is 5.32 Å². The van der Waals surface area contributed by atoms with E-state index in [4.69, 9.17) is 4.74 Å². The summed E-state index contributed by atoms with van der Waals surface area (Å²) in [5.74, 6) is -1.71. The Labute approximate surface area is 142 Å². The highest BCUT2D eigenvalue weighted by atomic mass is 19.1. The molecule has 0 heterocycles. The minimum absolute atomic E-state index is 0.241. The van der Waals surface area contributed by atoms with Gasteiger partial charge >= 0.3 is 5.69 Å². The summed E-state index contributed by atoms with van der Waals surface area (Å²) >= 11 is 0. The number of hydrogen-bond donors (Lipinski definition) is 1. The van der Waals surface area contributed by atoms with Crippen molar-refractivity contribution in [2.45, 2.75) is 20.0 Å². The number of carbonyl (C=O) groups is 2. The lowest BCUT2D eigenvalue weighted by molar-refractivity contribution is -0.386. The van der Waals surface area contributed by atoms with Crippen molar-refractivity contribution in [3.63, 3.8) is 0 Å². The molecule has 0 unspecified atom stereocenters. The quantitative estimate of drug-likeness (QED) is 0.491. The average molecular weight is 346 g/mol. The van der Waals surface area contributed by atoms with Crippen molar-refractivity contribution in [3.8, 4) is 5.75 Å². The van der Waals surface area contributed by atoms with Crippen LogP contribution in [0.2, 0.25) is 0 Å². The maximum absolute atomic E-state index is 13.3. The molecule has 1 atom stereocenters. The number of nitrogens with zero attached hydrogens (tertiary/aromatic N) is 1. The molecule has 0 bridgehead atoms. The van der Waals surface area contributed by atoms with Crippen molar-refractivity contribution in [1.29, 1.82) is 0 Å². The molecule has 8 heteroatoms. The number of rotatable bonds is 6. The lowest BCUT2D eigenvalue weighted by atomic mass is 10.1. The summed E-state index contributed by atoms with van der Waals surface area (Å²) in [5, 5.41) is 13.5. The predicted octanol–water partition coefficient (Wildman–Crippen LogP) is 3.34. The van der Waals surface area contributed by atoms with Gasteiger partial charge in [-0.1, -0.05) is 0 Å². The zero-order valence-corrected chi connectivity index (χ0v) is 13.5. The Bertz CT molecular complexity index is 820. The van der Waals surface area contributed by atoms with Crippen molar-refractivity contribution < 1.29 is 23.6 Å². The molecule has 25 heavy (non-hydrogen) atoms. The van der Waals surface area contributed by atoms with E-state index in [2.05, 4.69) is 5.32 Å². The second-order valence-electron chi connectivity index (χ2n) is 5.25. The van der Waals surface area contributed by atoms with Gasteiger partial charge in [-0.3, -0.25) is 19.7 Å². The van der Waals surface area contributed by atoms with Crippen LogP contribution in [0, 0.1) is 15.9 Å². The Morgan fingerprint density at radius 3 is 2.40 bits per heavy atom. The van der Waals surface area contributed by atoms with Gasteiger partial charge in [0, 0.05) is 30.3 Å². The number of carbonyl (C=O) groups excluding carboxylic acids is 2. The number of hydrogen-bond acceptors (Lipinski definition) is 5. The van der Waals surface area contributed by atoms with Crippen LogP contribution in [0.1, 0.15) is 24.2 Å². The number of halogens is 1. The molecule has 2 rings (SSSR count). The number of nitro benzene ring substituents is 1. The molecule has 0 aromatic heterocycles. The fraction of sp³-hybridized carbons (Fsp3) is 0.176. The van der Waals surface area contributed by atoms with Gasteiger partial charge in [0.05, 0.1) is 4.92 Å². The molecular weight excluding hydrogens is 331 g/mol. The standard InChI is InChI=1S/C17H15FN2O5/c1-10(25-16-9-13(18)5-8-15(16)20(23)24)17(22)12-3-6-14(7-4-12)19-11(2)21/h3-10H,1-2H3,(H,19,21)/t10-/m1/s1. The third-order valence-electron chi connectivity index (χ3n) is 3.28. The molecular formula is C17H15FN2O5. The molecule has 7 nitrogen and oxygen atoms in total. The first-order valence-electron chi connectivity index (χ1n) is 7.30. The number of nitrogens with one attached hydrogen (secondary N) is 1. The summed E-state index contributed by atoms with van der Waals surface area (Å²) in [6.45, 7) is 2.78. The van der Waals surface area contributed by atoms with E-state index >= 15 is 0 Å². The Hall–Kier alpha value is -3.29. The monoisotopic (exact) mass is 346 g/mol. The highest BCUT2D eigenvalue weighted by molar-refractivity contribution is 6.00. The Balaban J connectivity index is 2.17. The number of ether oxygens (including phenoxy) is 1. The Morgan fingerprint density at radius 2 is 1.84 bits per heavy atom. The van der Waals surface area contributed by atoms with E-state index in [1.807, 2.05) is 0 Å². The van der Waals surface area contributed by atoms with Crippen molar-refractivity contribution in [3.05, 3.63) is 64.0 Å². The second-order valence-corrected chi connectivity index (χ2v) is 5.25. The maximum Gasteiger partial charge on any atom is 0.311 e. The van der Waals surface area contributed by atoms with Crippen LogP contribution < -0.4 is 10.1 Å². The van der Waals surface area contributed by atoms with Crippen LogP contribution >= 0.6 is 0 Å². The molecule has 1 amide bonds. The van der Waals surface area contributed by atoms with E-state index in [0.717, 1.165) is 18.2 Å². The van der Waals surface area contributed by atoms with E-state index < -0.39 is 28.3 Å². The number of Topliss-reactive ketones (excluding diaryl/α,β-unsaturated/α-hetero) is 1. The summed E-state index contributed by atoms with van der Waals surface area (Å²) in [7, 11) is 0. The minimum atomic E-state index is -1.06. The van der Waals surface area contributed by atoms with Crippen LogP contribution in [-0.2, 0) is 4.79 Å². The Morgan fingerprint density at radius 1 is 1.20 bits per heavy atom. The third kappa shape index (κ3) is 4.60. The molecule has 0 radical (unpaired) electrons. The summed E-state index contributed by atoms with van der Waals surface area (Å²) < 4.78 is 18.6. The summed E-state index contributed by atoms with van der Waals surface area (Å²) in [5.41, 5.74) is 0.390. The highest BCUT2D eigenvalue weighted by Gasteiger charge is 2.22. The van der Waals surface area contributed by atoms with Gasteiger partial charge in [0.15, 0.2) is 6.10 Å². The molecule has 0 aliphatic heterocycles. The SMILES string of the molecule is CC(=O)Nc1ccc(C(=O)[C@@H](C)Oc2cc(F)ccc2[N+](=O)[O-])cc1. The van der Waals surface area contributed by atoms with Gasteiger partial charge in [0.25, 0.3) is 0 Å². The maximum atomic E-state index is 13.3. The Kier molecular flexibility index (Phi) is 5.43. The molecule has 0 saturated carbocycles.